The molecule has 244 valence electrons. The molecule has 1 unspecified atom stereocenters. The van der Waals surface area contributed by atoms with E-state index in [0.717, 1.165) is 6.42 Å². The van der Waals surface area contributed by atoms with Gasteiger partial charge in [-0.3, -0.25) is 0 Å². The lowest BCUT2D eigenvalue weighted by molar-refractivity contribution is 0.471. The van der Waals surface area contributed by atoms with E-state index in [9.17, 15) is 0 Å². The first-order chi connectivity index (χ1) is 18.7. The Balaban J connectivity index is 3.16. The smallest absolute Gasteiger partial charge is 0.0126 e. The molecule has 0 radical (unpaired) electrons. The Morgan fingerprint density at radius 1 is 0.395 bits per heavy atom. The van der Waals surface area contributed by atoms with Crippen molar-refractivity contribution in [3.05, 3.63) is 68.3 Å². The maximum atomic E-state index is 2.64. The van der Waals surface area contributed by atoms with Gasteiger partial charge in [0.15, 0.2) is 0 Å². The molecular formula is C43H72. The lowest BCUT2D eigenvalue weighted by Gasteiger charge is -2.42. The summed E-state index contributed by atoms with van der Waals surface area (Å²) in [5, 5.41) is 0. The third-order valence-corrected chi connectivity index (χ3v) is 9.15. The van der Waals surface area contributed by atoms with Crippen LogP contribution < -0.4 is 0 Å². The van der Waals surface area contributed by atoms with Crippen LogP contribution in [-0.4, -0.2) is 0 Å². The second kappa shape index (κ2) is 11.4. The Labute approximate surface area is 270 Å². The van der Waals surface area contributed by atoms with Crippen LogP contribution in [0.1, 0.15) is 208 Å². The standard InChI is InChI=1S/C43H72/c1-27(33-30(38(5,6)7)25-29(37(2,3)4)26-31(33)39(8,9)10)23-28-24-32(40(11,12)13)35(42(17,18)19)36(43(20,21)22)34(28)41(14,15)16/h24-27H,23H2,1-22H3. The Morgan fingerprint density at radius 3 is 1.02 bits per heavy atom. The van der Waals surface area contributed by atoms with Crippen LogP contribution in [0.15, 0.2) is 18.2 Å². The van der Waals surface area contributed by atoms with Crippen LogP contribution in [-0.2, 0) is 44.3 Å². The summed E-state index contributed by atoms with van der Waals surface area (Å²) in [6, 6.07) is 7.75. The molecular weight excluding hydrogens is 516 g/mol. The highest BCUT2D eigenvalue weighted by Crippen LogP contribution is 2.49. The van der Waals surface area contributed by atoms with Crippen molar-refractivity contribution >= 4 is 0 Å². The van der Waals surface area contributed by atoms with Gasteiger partial charge in [0, 0.05) is 0 Å². The van der Waals surface area contributed by atoms with Gasteiger partial charge in [0.2, 0.25) is 0 Å². The number of hydrogen-bond acceptors (Lipinski definition) is 0. The molecule has 0 N–H and O–H groups in total. The van der Waals surface area contributed by atoms with Crippen LogP contribution in [0.4, 0.5) is 0 Å². The summed E-state index contributed by atoms with van der Waals surface area (Å²) in [6.45, 7) is 53.2. The highest BCUT2D eigenvalue weighted by Gasteiger charge is 2.39. The minimum Gasteiger partial charge on any atom is -0.0581 e. The maximum Gasteiger partial charge on any atom is -0.0126 e. The normalized spacial score (nSPS) is 15.2. The zero-order valence-electron chi connectivity index (χ0n) is 33.0. The molecule has 0 saturated carbocycles. The van der Waals surface area contributed by atoms with Gasteiger partial charge in [0.1, 0.15) is 0 Å². The van der Waals surface area contributed by atoms with Gasteiger partial charge in [-0.15, -0.1) is 0 Å². The Morgan fingerprint density at radius 2 is 0.744 bits per heavy atom. The minimum atomic E-state index is 0.0316. The Hall–Kier alpha value is -1.56. The molecule has 0 fully saturated rings. The molecule has 2 aromatic carbocycles. The molecule has 0 aliphatic carbocycles. The molecule has 2 rings (SSSR count). The number of rotatable bonds is 3. The van der Waals surface area contributed by atoms with Crippen LogP contribution in [0.3, 0.4) is 0 Å². The van der Waals surface area contributed by atoms with Crippen LogP contribution in [0.25, 0.3) is 0 Å². The van der Waals surface area contributed by atoms with Gasteiger partial charge in [-0.05, 0) is 100 Å². The first-order valence-electron chi connectivity index (χ1n) is 17.1. The molecule has 0 nitrogen and oxygen atoms in total. The maximum absolute atomic E-state index is 2.64. The molecule has 0 heteroatoms. The van der Waals surface area contributed by atoms with Gasteiger partial charge in [-0.1, -0.05) is 171 Å². The van der Waals surface area contributed by atoms with Gasteiger partial charge in [0.25, 0.3) is 0 Å². The van der Waals surface area contributed by atoms with E-state index in [-0.39, 0.29) is 37.9 Å². The first kappa shape index (κ1) is 37.6. The average Bonchev–Trinajstić information content (AvgIpc) is 2.72. The molecule has 0 spiro atoms. The van der Waals surface area contributed by atoms with E-state index >= 15 is 0 Å². The van der Waals surface area contributed by atoms with Crippen molar-refractivity contribution in [3.8, 4) is 0 Å². The molecule has 1 atom stereocenters. The predicted octanol–water partition coefficient (Wildman–Crippen LogP) is 13.1. The Kier molecular flexibility index (Phi) is 9.93. The van der Waals surface area contributed by atoms with Crippen molar-refractivity contribution in [1.82, 2.24) is 0 Å². The minimum absolute atomic E-state index is 0.0316. The summed E-state index contributed by atoms with van der Waals surface area (Å²) in [5.74, 6) is 0.389. The van der Waals surface area contributed by atoms with Crippen molar-refractivity contribution in [3.63, 3.8) is 0 Å². The zero-order chi connectivity index (χ0) is 34.1. The van der Waals surface area contributed by atoms with Gasteiger partial charge in [-0.25, -0.2) is 0 Å². The van der Waals surface area contributed by atoms with E-state index in [1.165, 1.54) is 22.3 Å². The first-order valence-corrected chi connectivity index (χ1v) is 17.1. The van der Waals surface area contributed by atoms with Crippen LogP contribution >= 0.6 is 0 Å². The summed E-state index contributed by atoms with van der Waals surface area (Å²) in [5.41, 5.74) is 14.2. The van der Waals surface area contributed by atoms with Gasteiger partial charge in [-0.2, -0.15) is 0 Å². The monoisotopic (exact) mass is 589 g/mol. The topological polar surface area (TPSA) is 0 Å². The van der Waals surface area contributed by atoms with Gasteiger partial charge >= 0.3 is 0 Å². The Bertz CT molecular complexity index is 1260. The van der Waals surface area contributed by atoms with Crippen LogP contribution in [0.2, 0.25) is 0 Å². The van der Waals surface area contributed by atoms with E-state index in [4.69, 9.17) is 0 Å². The summed E-state index contributed by atoms with van der Waals surface area (Å²) >= 11 is 0. The molecule has 0 aliphatic rings. The molecule has 0 amide bonds. The molecule has 0 heterocycles. The summed E-state index contributed by atoms with van der Waals surface area (Å²) in [7, 11) is 0. The molecule has 0 aromatic heterocycles. The largest absolute Gasteiger partial charge is 0.0581 e. The predicted molar refractivity (Wildman–Crippen MR) is 196 cm³/mol. The van der Waals surface area contributed by atoms with E-state index in [1.807, 2.05) is 0 Å². The van der Waals surface area contributed by atoms with E-state index in [2.05, 4.69) is 171 Å². The van der Waals surface area contributed by atoms with E-state index < -0.39 is 0 Å². The fourth-order valence-electron chi connectivity index (χ4n) is 7.17. The van der Waals surface area contributed by atoms with Crippen molar-refractivity contribution < 1.29 is 0 Å². The average molecular weight is 589 g/mol. The molecule has 0 bridgehead atoms. The molecule has 0 aliphatic heterocycles. The van der Waals surface area contributed by atoms with Crippen LogP contribution in [0.5, 0.6) is 0 Å². The zero-order valence-corrected chi connectivity index (χ0v) is 33.0. The van der Waals surface area contributed by atoms with Crippen molar-refractivity contribution in [2.24, 2.45) is 0 Å². The second-order valence-corrected chi connectivity index (χ2v) is 21.0. The number of benzene rings is 2. The third-order valence-electron chi connectivity index (χ3n) is 9.15. The summed E-state index contributed by atoms with van der Waals surface area (Å²) in [4.78, 5) is 0. The van der Waals surface area contributed by atoms with Crippen LogP contribution in [0, 0.1) is 0 Å². The molecule has 2 aromatic rings. The molecule has 43 heavy (non-hydrogen) atoms. The second-order valence-electron chi connectivity index (χ2n) is 21.0. The van der Waals surface area contributed by atoms with Crippen molar-refractivity contribution in [1.29, 1.82) is 0 Å². The van der Waals surface area contributed by atoms with Crippen molar-refractivity contribution in [2.75, 3.05) is 0 Å². The SMILES string of the molecule is CC(Cc1cc(C(C)(C)C)c(C(C)(C)C)c(C(C)(C)C)c1C(C)(C)C)c1c(C(C)(C)C)cc(C(C)(C)C)cc1C(C)(C)C. The number of hydrogen-bond donors (Lipinski definition) is 0. The van der Waals surface area contributed by atoms with E-state index in [0.29, 0.717) is 5.92 Å². The van der Waals surface area contributed by atoms with Crippen molar-refractivity contribution in [2.45, 2.75) is 203 Å². The highest BCUT2D eigenvalue weighted by molar-refractivity contribution is 5.57. The summed E-state index contributed by atoms with van der Waals surface area (Å²) in [6.07, 6.45) is 1.05. The lowest BCUT2D eigenvalue weighted by atomic mass is 9.62. The van der Waals surface area contributed by atoms with E-state index in [1.54, 1.807) is 27.8 Å². The third kappa shape index (κ3) is 8.38. The lowest BCUT2D eigenvalue weighted by Crippen LogP contribution is -2.33. The fourth-order valence-corrected chi connectivity index (χ4v) is 7.17. The quantitative estimate of drug-likeness (QED) is 0.334. The van der Waals surface area contributed by atoms with Gasteiger partial charge < -0.3 is 0 Å². The van der Waals surface area contributed by atoms with Gasteiger partial charge in [0.05, 0.1) is 0 Å². The molecule has 0 saturated heterocycles. The fraction of sp³-hybridized carbons (Fsp3) is 0.721. The summed E-state index contributed by atoms with van der Waals surface area (Å²) < 4.78 is 0. The highest BCUT2D eigenvalue weighted by atomic mass is 14.4.